The van der Waals surface area contributed by atoms with Crippen molar-refractivity contribution in [1.29, 1.82) is 0 Å². The Bertz CT molecular complexity index is 828. The van der Waals surface area contributed by atoms with E-state index in [9.17, 15) is 4.79 Å². The fourth-order valence-corrected chi connectivity index (χ4v) is 3.55. The summed E-state index contributed by atoms with van der Waals surface area (Å²) in [7, 11) is 0. The second kappa shape index (κ2) is 8.12. The van der Waals surface area contributed by atoms with E-state index in [1.165, 1.54) is 0 Å². The zero-order valence-electron chi connectivity index (χ0n) is 15.9. The van der Waals surface area contributed by atoms with Crippen LogP contribution in [0.5, 0.6) is 0 Å². The van der Waals surface area contributed by atoms with Crippen molar-refractivity contribution in [1.82, 2.24) is 9.97 Å². The average molecular weight is 384 g/mol. The number of nitrogens with one attached hydrogen (secondary N) is 1. The molecule has 4 rings (SSSR count). The second-order valence-corrected chi connectivity index (χ2v) is 6.72. The van der Waals surface area contributed by atoms with Gasteiger partial charge in [0, 0.05) is 32.1 Å². The van der Waals surface area contributed by atoms with Crippen LogP contribution in [0.2, 0.25) is 0 Å². The third-order valence-electron chi connectivity index (χ3n) is 4.97. The Morgan fingerprint density at radius 3 is 2.71 bits per heavy atom. The summed E-state index contributed by atoms with van der Waals surface area (Å²) in [5.41, 5.74) is 1.07. The molecule has 2 saturated heterocycles. The van der Waals surface area contributed by atoms with Gasteiger partial charge in [-0.3, -0.25) is 0 Å². The first-order valence-corrected chi connectivity index (χ1v) is 9.58. The predicted octanol–water partition coefficient (Wildman–Crippen LogP) is 2.74. The summed E-state index contributed by atoms with van der Waals surface area (Å²) >= 11 is 0. The van der Waals surface area contributed by atoms with E-state index in [0.717, 1.165) is 31.7 Å². The monoisotopic (exact) mass is 384 g/mol. The fourth-order valence-electron chi connectivity index (χ4n) is 3.55. The highest BCUT2D eigenvalue weighted by atomic mass is 16.7. The maximum Gasteiger partial charge on any atom is 0.340 e. The van der Waals surface area contributed by atoms with Gasteiger partial charge in [0.15, 0.2) is 5.79 Å². The maximum absolute atomic E-state index is 12.2. The van der Waals surface area contributed by atoms with E-state index in [-0.39, 0.29) is 5.97 Å². The van der Waals surface area contributed by atoms with E-state index in [1.54, 1.807) is 25.3 Å². The third-order valence-corrected chi connectivity index (χ3v) is 4.97. The van der Waals surface area contributed by atoms with Gasteiger partial charge < -0.3 is 24.4 Å². The Morgan fingerprint density at radius 2 is 1.96 bits per heavy atom. The van der Waals surface area contributed by atoms with Crippen LogP contribution in [0.25, 0.3) is 0 Å². The summed E-state index contributed by atoms with van der Waals surface area (Å²) in [4.78, 5) is 23.3. The first-order chi connectivity index (χ1) is 13.7. The van der Waals surface area contributed by atoms with Gasteiger partial charge in [0.05, 0.1) is 31.1 Å². The Hall–Kier alpha value is -2.71. The Morgan fingerprint density at radius 1 is 1.21 bits per heavy atom. The molecule has 0 radical (unpaired) electrons. The number of para-hydroxylation sites is 1. The lowest BCUT2D eigenvalue weighted by molar-refractivity contribution is -0.169. The van der Waals surface area contributed by atoms with Gasteiger partial charge in [-0.25, -0.2) is 9.78 Å². The van der Waals surface area contributed by atoms with Crippen molar-refractivity contribution in [2.45, 2.75) is 25.6 Å². The van der Waals surface area contributed by atoms with Gasteiger partial charge in [0.1, 0.15) is 5.82 Å². The quantitative estimate of drug-likeness (QED) is 0.788. The molecule has 3 heterocycles. The van der Waals surface area contributed by atoms with Crippen LogP contribution in [0.15, 0.2) is 36.5 Å². The van der Waals surface area contributed by atoms with Crippen molar-refractivity contribution in [3.63, 3.8) is 0 Å². The van der Waals surface area contributed by atoms with Gasteiger partial charge >= 0.3 is 5.97 Å². The van der Waals surface area contributed by atoms with Gasteiger partial charge in [-0.2, -0.15) is 4.98 Å². The normalized spacial score (nSPS) is 18.2. The van der Waals surface area contributed by atoms with Crippen LogP contribution in [-0.2, 0) is 14.2 Å². The summed E-state index contributed by atoms with van der Waals surface area (Å²) in [5, 5.41) is 3.14. The highest BCUT2D eigenvalue weighted by molar-refractivity contribution is 5.96. The first kappa shape index (κ1) is 18.6. The molecule has 0 amide bonds. The van der Waals surface area contributed by atoms with Gasteiger partial charge in [-0.1, -0.05) is 12.1 Å². The van der Waals surface area contributed by atoms with Crippen LogP contribution in [-0.4, -0.2) is 54.6 Å². The summed E-state index contributed by atoms with van der Waals surface area (Å²) in [5.74, 6) is 0.477. The zero-order chi connectivity index (χ0) is 19.4. The number of anilines is 3. The number of hydrogen-bond donors (Lipinski definition) is 1. The van der Waals surface area contributed by atoms with E-state index in [0.29, 0.717) is 37.0 Å². The van der Waals surface area contributed by atoms with E-state index in [1.807, 2.05) is 18.2 Å². The first-order valence-electron chi connectivity index (χ1n) is 9.58. The number of hydrogen-bond acceptors (Lipinski definition) is 8. The highest BCUT2D eigenvalue weighted by Crippen LogP contribution is 2.33. The second-order valence-electron chi connectivity index (χ2n) is 6.72. The molecule has 8 heteroatoms. The number of ether oxygens (including phenoxy) is 3. The average Bonchev–Trinajstić information content (AvgIpc) is 3.17. The van der Waals surface area contributed by atoms with Crippen LogP contribution in [0.3, 0.4) is 0 Å². The van der Waals surface area contributed by atoms with Gasteiger partial charge in [-0.05, 0) is 25.1 Å². The minimum Gasteiger partial charge on any atom is -0.462 e. The van der Waals surface area contributed by atoms with Crippen LogP contribution in [0.1, 0.15) is 30.1 Å². The lowest BCUT2D eigenvalue weighted by Crippen LogP contribution is -2.45. The predicted molar refractivity (Wildman–Crippen MR) is 104 cm³/mol. The van der Waals surface area contributed by atoms with Crippen molar-refractivity contribution < 1.29 is 19.0 Å². The Balaban J connectivity index is 1.47. The smallest absolute Gasteiger partial charge is 0.340 e. The topological polar surface area (TPSA) is 85.8 Å². The molecule has 0 atom stereocenters. The number of nitrogens with zero attached hydrogens (tertiary/aromatic N) is 3. The van der Waals surface area contributed by atoms with E-state index >= 15 is 0 Å². The molecule has 1 N–H and O–H groups in total. The van der Waals surface area contributed by atoms with Gasteiger partial charge in [-0.15, -0.1) is 0 Å². The number of carbonyl (C=O) groups is 1. The summed E-state index contributed by atoms with van der Waals surface area (Å²) < 4.78 is 16.7. The summed E-state index contributed by atoms with van der Waals surface area (Å²) in [6.07, 6.45) is 3.33. The molecule has 2 aliphatic rings. The molecule has 2 aromatic rings. The van der Waals surface area contributed by atoms with Crippen molar-refractivity contribution in [2.75, 3.05) is 43.1 Å². The fraction of sp³-hybridized carbons (Fsp3) is 0.450. The number of carbonyl (C=O) groups excluding carboxylic acids is 1. The van der Waals surface area contributed by atoms with E-state index in [4.69, 9.17) is 14.2 Å². The minimum atomic E-state index is -0.414. The van der Waals surface area contributed by atoms with Crippen molar-refractivity contribution in [3.8, 4) is 0 Å². The number of benzene rings is 1. The molecular weight excluding hydrogens is 360 g/mol. The maximum atomic E-state index is 12.2. The summed E-state index contributed by atoms with van der Waals surface area (Å²) in [6, 6.07) is 9.06. The zero-order valence-corrected chi connectivity index (χ0v) is 15.9. The van der Waals surface area contributed by atoms with Gasteiger partial charge in [0.2, 0.25) is 5.95 Å². The Labute approximate surface area is 163 Å². The van der Waals surface area contributed by atoms with Crippen LogP contribution in [0, 0.1) is 0 Å². The molecule has 0 bridgehead atoms. The summed E-state index contributed by atoms with van der Waals surface area (Å²) in [6.45, 7) is 5.04. The molecule has 1 aromatic carbocycles. The molecule has 1 aromatic heterocycles. The van der Waals surface area contributed by atoms with Gasteiger partial charge in [0.25, 0.3) is 0 Å². The van der Waals surface area contributed by atoms with E-state index < -0.39 is 5.79 Å². The van der Waals surface area contributed by atoms with Crippen molar-refractivity contribution >= 4 is 23.4 Å². The highest BCUT2D eigenvalue weighted by Gasteiger charge is 2.40. The molecule has 148 valence electrons. The van der Waals surface area contributed by atoms with E-state index in [2.05, 4.69) is 20.2 Å². The molecular formula is C20H24N4O4. The molecule has 8 nitrogen and oxygen atoms in total. The lowest BCUT2D eigenvalue weighted by Gasteiger charge is -2.38. The molecule has 0 aliphatic carbocycles. The van der Waals surface area contributed by atoms with Crippen molar-refractivity contribution in [3.05, 3.63) is 42.1 Å². The van der Waals surface area contributed by atoms with Crippen molar-refractivity contribution in [2.24, 2.45) is 0 Å². The third kappa shape index (κ3) is 3.93. The SMILES string of the molecule is CCOC(=O)c1ccccc1Nc1nccc(N2CCC3(CC2)OCCO3)n1. The van der Waals surface area contributed by atoms with Crippen LogP contribution >= 0.6 is 0 Å². The van der Waals surface area contributed by atoms with Crippen LogP contribution < -0.4 is 10.2 Å². The molecule has 0 saturated carbocycles. The molecule has 2 aliphatic heterocycles. The number of esters is 1. The minimum absolute atomic E-state index is 0.322. The number of rotatable bonds is 5. The molecule has 0 unspecified atom stereocenters. The molecule has 1 spiro atoms. The molecule has 28 heavy (non-hydrogen) atoms. The molecule has 2 fully saturated rings. The number of aromatic nitrogens is 2. The lowest BCUT2D eigenvalue weighted by atomic mass is 10.0. The number of piperidine rings is 1. The Kier molecular flexibility index (Phi) is 5.40. The largest absolute Gasteiger partial charge is 0.462 e. The standard InChI is InChI=1S/C20H24N4O4/c1-2-26-18(25)15-5-3-4-6-16(15)22-19-21-10-7-17(23-19)24-11-8-20(9-12-24)27-13-14-28-20/h3-7,10H,2,8-9,11-14H2,1H3,(H,21,22,23). The van der Waals surface area contributed by atoms with Crippen LogP contribution in [0.4, 0.5) is 17.5 Å².